The molecule has 5 heterocycles. The van der Waals surface area contributed by atoms with Crippen molar-refractivity contribution in [3.05, 3.63) is 131 Å². The molecule has 0 radical (unpaired) electrons. The molecule has 0 amide bonds. The van der Waals surface area contributed by atoms with Gasteiger partial charge in [-0.15, -0.1) is 0 Å². The molecular weight excluding hydrogens is 1020 g/mol. The summed E-state index contributed by atoms with van der Waals surface area (Å²) in [6.45, 7) is 6.60. The Morgan fingerprint density at radius 3 is 1.64 bits per heavy atom. The number of anilines is 7. The number of piperazine rings is 2. The van der Waals surface area contributed by atoms with Crippen molar-refractivity contribution >= 4 is 88.6 Å². The normalized spacial score (nSPS) is 16.6. The van der Waals surface area contributed by atoms with Crippen molar-refractivity contribution in [2.24, 2.45) is 0 Å². The number of nitrogens with zero attached hydrogens (tertiary/aromatic N) is 9. The predicted molar refractivity (Wildman–Crippen MR) is 280 cm³/mol. The molecule has 2 saturated heterocycles. The number of benzene rings is 4. The molecule has 1 aliphatic carbocycles. The van der Waals surface area contributed by atoms with Gasteiger partial charge in [-0.25, -0.2) is 44.2 Å². The van der Waals surface area contributed by atoms with Crippen LogP contribution < -0.4 is 30.7 Å². The molecule has 0 bridgehead atoms. The minimum atomic E-state index is -3.47. The first-order valence-corrected chi connectivity index (χ1v) is 27.9. The van der Waals surface area contributed by atoms with E-state index in [9.17, 15) is 34.6 Å². The van der Waals surface area contributed by atoms with Crippen LogP contribution in [0.25, 0.3) is 0 Å². The van der Waals surface area contributed by atoms with Crippen LogP contribution in [-0.2, 0) is 43.7 Å². The predicted octanol–water partition coefficient (Wildman–Crippen LogP) is 6.09. The Labute approximate surface area is 431 Å². The highest BCUT2D eigenvalue weighted by molar-refractivity contribution is 7.89. The summed E-state index contributed by atoms with van der Waals surface area (Å²) in [5.41, 5.74) is 4.93. The standard InChI is InChI=1S/C24H27FN6O3S2.C13H9ClFN3O.C12H19N3O2S/c1-29(2)36(33,34)20-8-6-19(7-9-20)30-11-13-31(14-12-30)24-27-21-10-15-35(32)22(21)23(28-24)26-18-5-3-4-17(25)16-18;14-13-17-9-4-5-10(19)11(9)12(18-13)16-8-3-1-2-7(15)6-8;1-14(2)18(16,17)12-5-3-11(4-6-12)15-9-7-13-8-10-15/h3-9,16H,10-15H2,1-2H3,(H,26,27,28);1-3,6H,4-5H2,(H,16,17,18);3-6,13H,7-10H2,1-2H3. The maximum Gasteiger partial charge on any atom is 0.242 e. The van der Waals surface area contributed by atoms with Crippen LogP contribution in [0.5, 0.6) is 0 Å². The van der Waals surface area contributed by atoms with Gasteiger partial charge in [0.05, 0.1) is 37.5 Å². The number of aromatic nitrogens is 4. The summed E-state index contributed by atoms with van der Waals surface area (Å²) in [4.78, 5) is 37.0. The van der Waals surface area contributed by atoms with E-state index in [1.165, 1.54) is 47.0 Å². The zero-order valence-electron chi connectivity index (χ0n) is 40.6. The molecule has 24 heteroatoms. The number of carbonyl (C=O) groups is 1. The van der Waals surface area contributed by atoms with Crippen LogP contribution in [0.15, 0.2) is 112 Å². The average Bonchev–Trinajstić information content (AvgIpc) is 3.95. The molecule has 73 heavy (non-hydrogen) atoms. The van der Waals surface area contributed by atoms with Crippen LogP contribution >= 0.6 is 11.6 Å². The second-order valence-electron chi connectivity index (χ2n) is 17.6. The quantitative estimate of drug-likeness (QED) is 0.126. The number of aryl methyl sites for hydroxylation is 2. The van der Waals surface area contributed by atoms with E-state index in [4.69, 9.17) is 21.6 Å². The SMILES string of the molecule is CN(C)S(=O)(=O)c1ccc(N2CCN(c3nc4c(c(Nc5cccc(F)c5)n3)S(=O)CC4)CC2)cc1.CN(C)S(=O)(=O)c1ccc(N2CCNCC2)cc1.O=C1CCc2nc(Cl)nc(Nc3cccc(F)c3)c21. The Kier molecular flexibility index (Phi) is 16.7. The van der Waals surface area contributed by atoms with Gasteiger partial charge in [0.15, 0.2) is 11.6 Å². The Morgan fingerprint density at radius 1 is 0.616 bits per heavy atom. The fraction of sp³-hybridized carbons (Fsp3) is 0.327. The highest BCUT2D eigenvalue weighted by Gasteiger charge is 2.30. The van der Waals surface area contributed by atoms with Gasteiger partial charge in [0.25, 0.3) is 0 Å². The monoisotopic (exact) mass is 1080 g/mol. The second kappa shape index (κ2) is 22.9. The third-order valence-electron chi connectivity index (χ3n) is 12.3. The number of sulfonamides is 2. The number of nitrogens with one attached hydrogen (secondary N) is 3. The van der Waals surface area contributed by atoms with Gasteiger partial charge in [-0.3, -0.25) is 9.00 Å². The van der Waals surface area contributed by atoms with Gasteiger partial charge in [-0.05, 0) is 103 Å². The summed E-state index contributed by atoms with van der Waals surface area (Å²) in [6.07, 6.45) is 1.58. The van der Waals surface area contributed by atoms with Gasteiger partial charge in [0.1, 0.15) is 22.3 Å². The summed E-state index contributed by atoms with van der Waals surface area (Å²) >= 11 is 5.83. The number of halogens is 3. The molecule has 4 aliphatic rings. The van der Waals surface area contributed by atoms with Gasteiger partial charge in [-0.1, -0.05) is 12.1 Å². The van der Waals surface area contributed by atoms with Gasteiger partial charge < -0.3 is 30.7 Å². The minimum absolute atomic E-state index is 0.0226. The number of rotatable bonds is 11. The molecule has 18 nitrogen and oxygen atoms in total. The molecule has 2 fully saturated rings. The molecule has 3 N–H and O–H groups in total. The van der Waals surface area contributed by atoms with E-state index in [1.54, 1.807) is 62.6 Å². The van der Waals surface area contributed by atoms with Crippen molar-refractivity contribution in [3.63, 3.8) is 0 Å². The first-order valence-electron chi connectivity index (χ1n) is 23.3. The average molecular weight is 1080 g/mol. The van der Waals surface area contributed by atoms with Gasteiger partial charge in [-0.2, -0.15) is 9.97 Å². The lowest BCUT2D eigenvalue weighted by molar-refractivity contribution is 0.0995. The maximum absolute atomic E-state index is 13.7. The summed E-state index contributed by atoms with van der Waals surface area (Å²) in [5.74, 6) is 1.09. The first kappa shape index (κ1) is 53.1. The molecule has 0 saturated carbocycles. The van der Waals surface area contributed by atoms with Crippen LogP contribution in [0.4, 0.5) is 49.1 Å². The molecule has 3 aliphatic heterocycles. The summed E-state index contributed by atoms with van der Waals surface area (Å²) in [5, 5.41) is 9.43. The maximum atomic E-state index is 13.7. The molecular formula is C49H55ClF2N12O6S3. The van der Waals surface area contributed by atoms with E-state index in [1.807, 2.05) is 24.3 Å². The number of Topliss-reactive ketones (excluding diaryl/α,β-unsaturated/α-hetero) is 1. The zero-order chi connectivity index (χ0) is 52.0. The van der Waals surface area contributed by atoms with Crippen LogP contribution in [-0.4, -0.2) is 142 Å². The summed E-state index contributed by atoms with van der Waals surface area (Å²) < 4.78 is 90.4. The largest absolute Gasteiger partial charge is 0.369 e. The Bertz CT molecular complexity index is 3220. The van der Waals surface area contributed by atoms with Crippen LogP contribution in [0, 0.1) is 11.6 Å². The van der Waals surface area contributed by atoms with Gasteiger partial charge in [0, 0.05) is 122 Å². The Balaban J connectivity index is 0.000000161. The molecule has 2 aromatic heterocycles. The van der Waals surface area contributed by atoms with E-state index in [-0.39, 0.29) is 27.6 Å². The lowest BCUT2D eigenvalue weighted by Crippen LogP contribution is -2.47. The summed E-state index contributed by atoms with van der Waals surface area (Å²) in [6, 6.07) is 26.0. The molecule has 6 aromatic rings. The van der Waals surface area contributed by atoms with E-state index in [0.29, 0.717) is 101 Å². The first-order chi connectivity index (χ1) is 34.9. The summed E-state index contributed by atoms with van der Waals surface area (Å²) in [7, 11) is -1.87. The molecule has 1 unspecified atom stereocenters. The number of carbonyl (C=O) groups excluding carboxylic acids is 1. The Morgan fingerprint density at radius 2 is 1.12 bits per heavy atom. The number of hydrogen-bond acceptors (Lipinski definition) is 16. The third-order valence-corrected chi connectivity index (χ3v) is 17.6. The van der Waals surface area contributed by atoms with Crippen molar-refractivity contribution in [1.29, 1.82) is 0 Å². The van der Waals surface area contributed by atoms with Crippen LogP contribution in [0.3, 0.4) is 0 Å². The fourth-order valence-corrected chi connectivity index (χ4v) is 11.7. The Hall–Kier alpha value is -6.21. The van der Waals surface area contributed by atoms with E-state index < -0.39 is 30.8 Å². The van der Waals surface area contributed by atoms with E-state index >= 15 is 0 Å². The van der Waals surface area contributed by atoms with Gasteiger partial charge >= 0.3 is 0 Å². The van der Waals surface area contributed by atoms with Crippen molar-refractivity contribution in [2.45, 2.75) is 33.9 Å². The lowest BCUT2D eigenvalue weighted by Gasteiger charge is -2.36. The minimum Gasteiger partial charge on any atom is -0.369 e. The molecule has 0 spiro atoms. The smallest absolute Gasteiger partial charge is 0.242 e. The van der Waals surface area contributed by atoms with Crippen molar-refractivity contribution in [2.75, 3.05) is 112 Å². The molecule has 386 valence electrons. The van der Waals surface area contributed by atoms with Crippen molar-refractivity contribution in [1.82, 2.24) is 33.9 Å². The molecule has 10 rings (SSSR count). The van der Waals surface area contributed by atoms with E-state index in [0.717, 1.165) is 43.2 Å². The van der Waals surface area contributed by atoms with E-state index in [2.05, 4.69) is 40.6 Å². The molecule has 1 atom stereocenters. The van der Waals surface area contributed by atoms with Crippen molar-refractivity contribution < 1.29 is 34.6 Å². The second-order valence-corrected chi connectivity index (χ2v) is 23.7. The number of fused-ring (bicyclic) bond motifs is 2. The molecule has 4 aromatic carbocycles. The number of hydrogen-bond donors (Lipinski definition) is 3. The fourth-order valence-electron chi connectivity index (χ4n) is 8.38. The number of ketones is 1. The third kappa shape index (κ3) is 12.6. The van der Waals surface area contributed by atoms with Crippen LogP contribution in [0.1, 0.15) is 28.2 Å². The highest BCUT2D eigenvalue weighted by atomic mass is 35.5. The zero-order valence-corrected chi connectivity index (χ0v) is 43.8. The highest BCUT2D eigenvalue weighted by Crippen LogP contribution is 2.33. The van der Waals surface area contributed by atoms with Gasteiger partial charge in [0.2, 0.25) is 31.3 Å². The van der Waals surface area contributed by atoms with Crippen molar-refractivity contribution in [3.8, 4) is 0 Å². The lowest BCUT2D eigenvalue weighted by atomic mass is 10.2. The van der Waals surface area contributed by atoms with Crippen LogP contribution in [0.2, 0.25) is 5.28 Å². The topological polar surface area (TPSA) is 206 Å².